The lowest BCUT2D eigenvalue weighted by atomic mass is 10.1. The predicted octanol–water partition coefficient (Wildman–Crippen LogP) is 4.57. The zero-order valence-electron chi connectivity index (χ0n) is 17.8. The molecule has 0 aliphatic rings. The van der Waals surface area contributed by atoms with Crippen LogP contribution in [0.1, 0.15) is 30.9 Å². The van der Waals surface area contributed by atoms with Crippen molar-refractivity contribution in [1.82, 2.24) is 15.6 Å². The van der Waals surface area contributed by atoms with Crippen molar-refractivity contribution in [3.63, 3.8) is 0 Å². The number of halogens is 2. The number of rotatable bonds is 8. The molecule has 166 valence electrons. The Morgan fingerprint density at radius 2 is 2.00 bits per heavy atom. The van der Waals surface area contributed by atoms with E-state index >= 15 is 0 Å². The third-order valence-electron chi connectivity index (χ3n) is 4.79. The molecule has 0 aliphatic heterocycles. The standard InChI is InChI=1S/C23H28FN5O.HI/c1-3-5-22(30)29-19-7-4-6-16(12-19)14-28-23(25-2)26-11-10-17-15-27-21-13-18(24)8-9-20(17)21;/h4,6-9,12-13,15,27H,3,5,10-11,14H2,1-2H3,(H,29,30)(H2,25,26,28);1H. The number of fused-ring (bicyclic) bond motifs is 1. The first kappa shape index (κ1) is 24.6. The van der Waals surface area contributed by atoms with E-state index in [0.717, 1.165) is 40.6 Å². The molecule has 1 amide bonds. The molecule has 0 radical (unpaired) electrons. The quantitative estimate of drug-likeness (QED) is 0.193. The molecule has 1 heterocycles. The Hall–Kier alpha value is -2.62. The van der Waals surface area contributed by atoms with Gasteiger partial charge < -0.3 is 20.9 Å². The highest BCUT2D eigenvalue weighted by molar-refractivity contribution is 14.0. The summed E-state index contributed by atoms with van der Waals surface area (Å²) in [5, 5.41) is 10.5. The van der Waals surface area contributed by atoms with Crippen LogP contribution >= 0.6 is 24.0 Å². The van der Waals surface area contributed by atoms with E-state index < -0.39 is 0 Å². The van der Waals surface area contributed by atoms with Gasteiger partial charge in [-0.15, -0.1) is 24.0 Å². The van der Waals surface area contributed by atoms with Gasteiger partial charge in [0.15, 0.2) is 5.96 Å². The van der Waals surface area contributed by atoms with E-state index in [9.17, 15) is 9.18 Å². The van der Waals surface area contributed by atoms with Gasteiger partial charge in [0.05, 0.1) is 0 Å². The molecule has 31 heavy (non-hydrogen) atoms. The first-order valence-corrected chi connectivity index (χ1v) is 10.2. The van der Waals surface area contributed by atoms with Gasteiger partial charge in [0.25, 0.3) is 0 Å². The number of nitrogens with one attached hydrogen (secondary N) is 4. The van der Waals surface area contributed by atoms with Crippen LogP contribution < -0.4 is 16.0 Å². The topological polar surface area (TPSA) is 81.3 Å². The third-order valence-corrected chi connectivity index (χ3v) is 4.79. The van der Waals surface area contributed by atoms with Crippen LogP contribution in [0.25, 0.3) is 10.9 Å². The maximum absolute atomic E-state index is 13.3. The van der Waals surface area contributed by atoms with Crippen LogP contribution in [-0.4, -0.2) is 30.4 Å². The number of carbonyl (C=O) groups is 1. The fourth-order valence-corrected chi connectivity index (χ4v) is 3.30. The molecule has 0 spiro atoms. The highest BCUT2D eigenvalue weighted by Gasteiger charge is 2.06. The minimum Gasteiger partial charge on any atom is -0.361 e. The minimum absolute atomic E-state index is 0. The molecular formula is C23H29FIN5O. The summed E-state index contributed by atoms with van der Waals surface area (Å²) >= 11 is 0. The normalized spacial score (nSPS) is 11.1. The van der Waals surface area contributed by atoms with Gasteiger partial charge >= 0.3 is 0 Å². The molecule has 0 bridgehead atoms. The van der Waals surface area contributed by atoms with Crippen molar-refractivity contribution in [3.8, 4) is 0 Å². The summed E-state index contributed by atoms with van der Waals surface area (Å²) in [6.45, 7) is 3.26. The van der Waals surface area contributed by atoms with E-state index in [4.69, 9.17) is 0 Å². The van der Waals surface area contributed by atoms with Gasteiger partial charge in [-0.25, -0.2) is 4.39 Å². The van der Waals surface area contributed by atoms with Gasteiger partial charge in [-0.05, 0) is 54.3 Å². The summed E-state index contributed by atoms with van der Waals surface area (Å²) in [6, 6.07) is 12.6. The molecule has 3 rings (SSSR count). The molecule has 6 nitrogen and oxygen atoms in total. The number of H-pyrrole nitrogens is 1. The van der Waals surface area contributed by atoms with Crippen LogP contribution in [0.15, 0.2) is 53.7 Å². The molecular weight excluding hydrogens is 508 g/mol. The van der Waals surface area contributed by atoms with Crippen molar-refractivity contribution in [2.45, 2.75) is 32.7 Å². The van der Waals surface area contributed by atoms with Gasteiger partial charge in [-0.1, -0.05) is 19.1 Å². The second kappa shape index (κ2) is 12.3. The second-order valence-corrected chi connectivity index (χ2v) is 7.10. The van der Waals surface area contributed by atoms with Crippen molar-refractivity contribution in [2.24, 2.45) is 4.99 Å². The number of hydrogen-bond acceptors (Lipinski definition) is 2. The maximum Gasteiger partial charge on any atom is 0.224 e. The number of guanidine groups is 1. The summed E-state index contributed by atoms with van der Waals surface area (Å²) < 4.78 is 13.3. The third kappa shape index (κ3) is 7.23. The van der Waals surface area contributed by atoms with Gasteiger partial charge in [0.2, 0.25) is 5.91 Å². The first-order valence-electron chi connectivity index (χ1n) is 10.2. The van der Waals surface area contributed by atoms with Crippen molar-refractivity contribution in [1.29, 1.82) is 0 Å². The average molecular weight is 537 g/mol. The molecule has 2 aromatic carbocycles. The smallest absolute Gasteiger partial charge is 0.224 e. The Kier molecular flexibility index (Phi) is 9.77. The minimum atomic E-state index is -0.243. The highest BCUT2D eigenvalue weighted by Crippen LogP contribution is 2.19. The van der Waals surface area contributed by atoms with E-state index in [0.29, 0.717) is 25.5 Å². The zero-order chi connectivity index (χ0) is 21.3. The van der Waals surface area contributed by atoms with E-state index in [1.165, 1.54) is 12.1 Å². The van der Waals surface area contributed by atoms with Crippen LogP contribution in [0.4, 0.5) is 10.1 Å². The second-order valence-electron chi connectivity index (χ2n) is 7.10. The molecule has 0 saturated heterocycles. The predicted molar refractivity (Wildman–Crippen MR) is 136 cm³/mol. The molecule has 8 heteroatoms. The maximum atomic E-state index is 13.3. The summed E-state index contributed by atoms with van der Waals surface area (Å²) in [7, 11) is 1.73. The van der Waals surface area contributed by atoms with Gasteiger partial charge in [0.1, 0.15) is 5.82 Å². The van der Waals surface area contributed by atoms with E-state index in [2.05, 4.69) is 25.9 Å². The van der Waals surface area contributed by atoms with Crippen molar-refractivity contribution in [2.75, 3.05) is 18.9 Å². The molecule has 1 aromatic heterocycles. The number of aromatic nitrogens is 1. The monoisotopic (exact) mass is 537 g/mol. The van der Waals surface area contributed by atoms with Crippen LogP contribution in [0.3, 0.4) is 0 Å². The highest BCUT2D eigenvalue weighted by atomic mass is 127. The number of benzene rings is 2. The Morgan fingerprint density at radius 3 is 2.77 bits per heavy atom. The van der Waals surface area contributed by atoms with Crippen molar-refractivity contribution in [3.05, 3.63) is 65.6 Å². The molecule has 0 fully saturated rings. The largest absolute Gasteiger partial charge is 0.361 e. The van der Waals surface area contributed by atoms with E-state index in [-0.39, 0.29) is 35.7 Å². The summed E-state index contributed by atoms with van der Waals surface area (Å²) in [4.78, 5) is 19.1. The molecule has 3 aromatic rings. The van der Waals surface area contributed by atoms with Gasteiger partial charge in [-0.2, -0.15) is 0 Å². The number of amides is 1. The number of anilines is 1. The van der Waals surface area contributed by atoms with Gasteiger partial charge in [0, 0.05) is 49.3 Å². The van der Waals surface area contributed by atoms with Crippen LogP contribution in [0.2, 0.25) is 0 Å². The van der Waals surface area contributed by atoms with Crippen LogP contribution in [-0.2, 0) is 17.8 Å². The molecule has 4 N–H and O–H groups in total. The first-order chi connectivity index (χ1) is 14.6. The fourth-order valence-electron chi connectivity index (χ4n) is 3.30. The SMILES string of the molecule is CCCC(=O)Nc1cccc(CNC(=NC)NCCc2c[nH]c3cc(F)ccc23)c1.I. The van der Waals surface area contributed by atoms with E-state index in [1.54, 1.807) is 13.1 Å². The lowest BCUT2D eigenvalue weighted by Crippen LogP contribution is -2.37. The molecule has 0 unspecified atom stereocenters. The number of hydrogen-bond donors (Lipinski definition) is 4. The lowest BCUT2D eigenvalue weighted by molar-refractivity contribution is -0.116. The van der Waals surface area contributed by atoms with Crippen molar-refractivity contribution >= 4 is 52.4 Å². The Bertz CT molecular complexity index is 1030. The number of nitrogens with zero attached hydrogens (tertiary/aromatic N) is 1. The lowest BCUT2D eigenvalue weighted by Gasteiger charge is -2.13. The summed E-state index contributed by atoms with van der Waals surface area (Å²) in [5.41, 5.74) is 3.78. The fraction of sp³-hybridized carbons (Fsp3) is 0.304. The number of carbonyl (C=O) groups excluding carboxylic acids is 1. The Balaban J connectivity index is 0.00000341. The molecule has 0 saturated carbocycles. The summed E-state index contributed by atoms with van der Waals surface area (Å²) in [6.07, 6.45) is 4.04. The zero-order valence-corrected chi connectivity index (χ0v) is 20.1. The average Bonchev–Trinajstić information content (AvgIpc) is 3.13. The number of aromatic amines is 1. The summed E-state index contributed by atoms with van der Waals surface area (Å²) in [5.74, 6) is 0.481. The van der Waals surface area contributed by atoms with E-state index in [1.807, 2.05) is 37.4 Å². The Labute approximate surface area is 199 Å². The van der Waals surface area contributed by atoms with Crippen molar-refractivity contribution < 1.29 is 9.18 Å². The Morgan fingerprint density at radius 1 is 1.16 bits per heavy atom. The van der Waals surface area contributed by atoms with Gasteiger partial charge in [-0.3, -0.25) is 9.79 Å². The van der Waals surface area contributed by atoms with Crippen LogP contribution in [0, 0.1) is 5.82 Å². The van der Waals surface area contributed by atoms with Crippen LogP contribution in [0.5, 0.6) is 0 Å². The number of aliphatic imine (C=N–C) groups is 1. The molecule has 0 aliphatic carbocycles. The molecule has 0 atom stereocenters.